The highest BCUT2D eigenvalue weighted by molar-refractivity contribution is 6.29. The fourth-order valence-corrected chi connectivity index (χ4v) is 1.52. The second-order valence-corrected chi connectivity index (χ2v) is 4.09. The first-order chi connectivity index (χ1) is 7.74. The Morgan fingerprint density at radius 1 is 1.50 bits per heavy atom. The van der Waals surface area contributed by atoms with Gasteiger partial charge in [0.1, 0.15) is 5.15 Å². The van der Waals surface area contributed by atoms with Crippen LogP contribution in [0.15, 0.2) is 18.3 Å². The molecule has 1 rings (SSSR count). The van der Waals surface area contributed by atoms with Crippen LogP contribution in [0.5, 0.6) is 0 Å². The Labute approximate surface area is 101 Å². The summed E-state index contributed by atoms with van der Waals surface area (Å²) in [5.41, 5.74) is 1.13. The van der Waals surface area contributed by atoms with E-state index in [9.17, 15) is 0 Å². The van der Waals surface area contributed by atoms with Gasteiger partial charge in [0.15, 0.2) is 0 Å². The van der Waals surface area contributed by atoms with Crippen molar-refractivity contribution in [1.29, 1.82) is 5.26 Å². The van der Waals surface area contributed by atoms with E-state index in [-0.39, 0.29) is 6.04 Å². The molecule has 0 saturated carbocycles. The van der Waals surface area contributed by atoms with E-state index in [2.05, 4.69) is 23.3 Å². The van der Waals surface area contributed by atoms with Crippen LogP contribution in [-0.4, -0.2) is 11.5 Å². The van der Waals surface area contributed by atoms with Crippen LogP contribution in [-0.2, 0) is 0 Å². The van der Waals surface area contributed by atoms with Crippen LogP contribution < -0.4 is 5.32 Å². The van der Waals surface area contributed by atoms with Crippen LogP contribution >= 0.6 is 11.6 Å². The molecule has 0 amide bonds. The second kappa shape index (κ2) is 7.21. The van der Waals surface area contributed by atoms with Crippen LogP contribution in [0.2, 0.25) is 5.15 Å². The normalized spacial score (nSPS) is 12.1. The number of hydrogen-bond acceptors (Lipinski definition) is 3. The predicted molar refractivity (Wildman–Crippen MR) is 65.1 cm³/mol. The summed E-state index contributed by atoms with van der Waals surface area (Å²) in [6, 6.07) is 6.18. The zero-order valence-corrected chi connectivity index (χ0v) is 10.2. The first-order valence-electron chi connectivity index (χ1n) is 5.46. The van der Waals surface area contributed by atoms with E-state index in [4.69, 9.17) is 16.9 Å². The Kier molecular flexibility index (Phi) is 5.84. The maximum absolute atomic E-state index is 8.39. The molecule has 1 aromatic heterocycles. The highest BCUT2D eigenvalue weighted by atomic mass is 35.5. The molecule has 0 spiro atoms. The highest BCUT2D eigenvalue weighted by Crippen LogP contribution is 2.13. The maximum atomic E-state index is 8.39. The van der Waals surface area contributed by atoms with Crippen molar-refractivity contribution in [1.82, 2.24) is 10.3 Å². The second-order valence-electron chi connectivity index (χ2n) is 3.71. The summed E-state index contributed by atoms with van der Waals surface area (Å²) in [7, 11) is 0. The number of nitrogens with zero attached hydrogens (tertiary/aromatic N) is 2. The van der Waals surface area contributed by atoms with Crippen molar-refractivity contribution >= 4 is 11.6 Å². The molecule has 3 nitrogen and oxygen atoms in total. The summed E-state index contributed by atoms with van der Waals surface area (Å²) in [6.45, 7) is 3.01. The van der Waals surface area contributed by atoms with Gasteiger partial charge in [0.05, 0.1) is 6.07 Å². The largest absolute Gasteiger partial charge is 0.310 e. The molecule has 0 radical (unpaired) electrons. The molecule has 0 bridgehead atoms. The van der Waals surface area contributed by atoms with Gasteiger partial charge in [0, 0.05) is 18.7 Å². The highest BCUT2D eigenvalue weighted by Gasteiger charge is 2.04. The quantitative estimate of drug-likeness (QED) is 0.611. The van der Waals surface area contributed by atoms with Crippen molar-refractivity contribution in [2.24, 2.45) is 0 Å². The molecule has 0 aliphatic carbocycles. The molecule has 1 aromatic rings. The van der Waals surface area contributed by atoms with Gasteiger partial charge in [-0.2, -0.15) is 5.26 Å². The molecule has 16 heavy (non-hydrogen) atoms. The summed E-state index contributed by atoms with van der Waals surface area (Å²) in [4.78, 5) is 4.04. The van der Waals surface area contributed by atoms with Crippen molar-refractivity contribution < 1.29 is 0 Å². The lowest BCUT2D eigenvalue weighted by atomic mass is 10.1. The number of unbranched alkanes of at least 4 members (excludes halogenated alkanes) is 2. The van der Waals surface area contributed by atoms with Gasteiger partial charge in [0.2, 0.25) is 0 Å². The minimum absolute atomic E-state index is 0.270. The molecule has 4 heteroatoms. The van der Waals surface area contributed by atoms with E-state index in [1.54, 1.807) is 12.3 Å². The number of pyridine rings is 1. The van der Waals surface area contributed by atoms with E-state index in [1.165, 1.54) is 0 Å². The van der Waals surface area contributed by atoms with Crippen molar-refractivity contribution in [2.75, 3.05) is 6.54 Å². The van der Waals surface area contributed by atoms with Crippen LogP contribution in [0.3, 0.4) is 0 Å². The lowest BCUT2D eigenvalue weighted by molar-refractivity contribution is 0.548. The molecule has 0 aromatic carbocycles. The number of halogens is 1. The molecule has 1 heterocycles. The Morgan fingerprint density at radius 3 is 2.94 bits per heavy atom. The van der Waals surface area contributed by atoms with Gasteiger partial charge >= 0.3 is 0 Å². The average Bonchev–Trinajstić information content (AvgIpc) is 2.29. The third kappa shape index (κ3) is 4.61. The summed E-state index contributed by atoms with van der Waals surface area (Å²) in [6.07, 6.45) is 4.40. The fourth-order valence-electron chi connectivity index (χ4n) is 1.41. The molecule has 1 N–H and O–H groups in total. The Morgan fingerprint density at radius 2 is 2.31 bits per heavy atom. The zero-order chi connectivity index (χ0) is 11.8. The van der Waals surface area contributed by atoms with Crippen molar-refractivity contribution in [3.8, 4) is 6.07 Å². The van der Waals surface area contributed by atoms with Gasteiger partial charge in [-0.05, 0) is 37.9 Å². The van der Waals surface area contributed by atoms with Gasteiger partial charge in [-0.15, -0.1) is 0 Å². The molecule has 86 valence electrons. The molecule has 0 aliphatic rings. The number of nitriles is 1. The van der Waals surface area contributed by atoms with Crippen LogP contribution in [0, 0.1) is 11.3 Å². The number of rotatable bonds is 6. The third-order valence-electron chi connectivity index (χ3n) is 2.42. The molecule has 1 unspecified atom stereocenters. The molecule has 1 atom stereocenters. The Bertz CT molecular complexity index is 342. The van der Waals surface area contributed by atoms with Gasteiger partial charge in [-0.25, -0.2) is 4.98 Å². The van der Waals surface area contributed by atoms with Gasteiger partial charge < -0.3 is 5.32 Å². The molecule has 0 aliphatic heterocycles. The summed E-state index contributed by atoms with van der Waals surface area (Å²) in [5, 5.41) is 12.3. The van der Waals surface area contributed by atoms with Crippen LogP contribution in [0.4, 0.5) is 0 Å². The first-order valence-corrected chi connectivity index (χ1v) is 5.83. The fraction of sp³-hybridized carbons (Fsp3) is 0.500. The summed E-state index contributed by atoms with van der Waals surface area (Å²) >= 11 is 5.72. The summed E-state index contributed by atoms with van der Waals surface area (Å²) in [5.74, 6) is 0. The smallest absolute Gasteiger partial charge is 0.129 e. The first kappa shape index (κ1) is 13.0. The lowest BCUT2D eigenvalue weighted by Crippen LogP contribution is -2.19. The van der Waals surface area contributed by atoms with E-state index in [1.807, 2.05) is 6.07 Å². The van der Waals surface area contributed by atoms with E-state index in [0.29, 0.717) is 11.6 Å². The zero-order valence-electron chi connectivity index (χ0n) is 9.41. The molecular formula is C12H16ClN3. The minimum Gasteiger partial charge on any atom is -0.310 e. The van der Waals surface area contributed by atoms with Gasteiger partial charge in [-0.3, -0.25) is 0 Å². The number of hydrogen-bond donors (Lipinski definition) is 1. The van der Waals surface area contributed by atoms with Crippen molar-refractivity contribution in [2.45, 2.75) is 32.2 Å². The van der Waals surface area contributed by atoms with Crippen molar-refractivity contribution in [3.63, 3.8) is 0 Å². The average molecular weight is 238 g/mol. The summed E-state index contributed by atoms with van der Waals surface area (Å²) < 4.78 is 0. The van der Waals surface area contributed by atoms with Crippen LogP contribution in [0.25, 0.3) is 0 Å². The van der Waals surface area contributed by atoms with E-state index >= 15 is 0 Å². The van der Waals surface area contributed by atoms with Crippen molar-refractivity contribution in [3.05, 3.63) is 29.0 Å². The molecular weight excluding hydrogens is 222 g/mol. The van der Waals surface area contributed by atoms with Gasteiger partial charge in [-0.1, -0.05) is 17.7 Å². The topological polar surface area (TPSA) is 48.7 Å². The third-order valence-corrected chi connectivity index (χ3v) is 2.64. The lowest BCUT2D eigenvalue weighted by Gasteiger charge is -2.13. The maximum Gasteiger partial charge on any atom is 0.129 e. The van der Waals surface area contributed by atoms with Crippen LogP contribution in [0.1, 0.15) is 37.8 Å². The predicted octanol–water partition coefficient (Wildman–Crippen LogP) is 3.08. The Balaban J connectivity index is 2.27. The SMILES string of the molecule is CC(NCCCCC#N)c1ccc(Cl)nc1. The van der Waals surface area contributed by atoms with E-state index < -0.39 is 0 Å². The Hall–Kier alpha value is -1.11. The minimum atomic E-state index is 0.270. The number of nitrogens with one attached hydrogen (secondary N) is 1. The van der Waals surface area contributed by atoms with Gasteiger partial charge in [0.25, 0.3) is 0 Å². The number of aromatic nitrogens is 1. The van der Waals surface area contributed by atoms with E-state index in [0.717, 1.165) is 24.9 Å². The monoisotopic (exact) mass is 237 g/mol. The molecule has 0 fully saturated rings. The standard InChI is InChI=1S/C12H16ClN3/c1-10(15-8-4-2-3-7-14)11-5-6-12(13)16-9-11/h5-6,9-10,15H,2-4,8H2,1H3. The molecule has 0 saturated heterocycles.